The highest BCUT2D eigenvalue weighted by molar-refractivity contribution is 5.71. The SMILES string of the molecule is CN(c1ccc(F)cc1)c1cc2c(cc1O)[C@]13CCCC[C@@H]1[C@H](C2)NCC3. The van der Waals surface area contributed by atoms with Crippen molar-refractivity contribution in [2.45, 2.75) is 50.0 Å². The molecule has 2 aromatic rings. The molecule has 3 atom stereocenters. The maximum absolute atomic E-state index is 13.3. The van der Waals surface area contributed by atoms with E-state index in [0.717, 1.165) is 24.3 Å². The first-order valence-corrected chi connectivity index (χ1v) is 10.2. The number of anilines is 2. The summed E-state index contributed by atoms with van der Waals surface area (Å²) in [4.78, 5) is 1.95. The molecule has 3 aliphatic rings. The van der Waals surface area contributed by atoms with Crippen LogP contribution in [0.5, 0.6) is 5.75 Å². The third kappa shape index (κ3) is 2.57. The third-order valence-corrected chi connectivity index (χ3v) is 7.31. The van der Waals surface area contributed by atoms with Crippen LogP contribution in [-0.2, 0) is 11.8 Å². The van der Waals surface area contributed by atoms with Crippen molar-refractivity contribution in [3.8, 4) is 5.75 Å². The number of aromatic hydroxyl groups is 1. The number of hydrogen-bond acceptors (Lipinski definition) is 3. The first-order valence-electron chi connectivity index (χ1n) is 10.2. The van der Waals surface area contributed by atoms with E-state index in [4.69, 9.17) is 0 Å². The van der Waals surface area contributed by atoms with Gasteiger partial charge in [0.1, 0.15) is 11.6 Å². The molecule has 2 bridgehead atoms. The number of nitrogens with one attached hydrogen (secondary N) is 1. The first-order chi connectivity index (χ1) is 13.1. The standard InChI is InChI=1S/C23H27FN2O/c1-26(17-7-5-16(24)6-8-17)21-13-15-12-20-18-4-2-3-9-23(18,10-11-25-20)19(15)14-22(21)27/h5-8,13-14,18,20,25,27H,2-4,9-12H2,1H3/t18-,20+,23+/m1/s1. The Kier molecular flexibility index (Phi) is 3.94. The van der Waals surface area contributed by atoms with Crippen molar-refractivity contribution in [2.75, 3.05) is 18.5 Å². The number of fused-ring (bicyclic) bond motifs is 1. The summed E-state index contributed by atoms with van der Waals surface area (Å²) in [5.74, 6) is 0.784. The van der Waals surface area contributed by atoms with Crippen LogP contribution >= 0.6 is 0 Å². The third-order valence-electron chi connectivity index (χ3n) is 7.31. The molecule has 27 heavy (non-hydrogen) atoms. The van der Waals surface area contributed by atoms with Gasteiger partial charge in [-0.3, -0.25) is 0 Å². The molecule has 1 aliphatic heterocycles. The lowest BCUT2D eigenvalue weighted by Crippen LogP contribution is -2.59. The largest absolute Gasteiger partial charge is 0.506 e. The second kappa shape index (κ2) is 6.23. The number of halogens is 1. The Hall–Kier alpha value is -2.07. The van der Waals surface area contributed by atoms with E-state index >= 15 is 0 Å². The summed E-state index contributed by atoms with van der Waals surface area (Å²) in [7, 11) is 1.93. The van der Waals surface area contributed by atoms with E-state index in [1.54, 1.807) is 12.1 Å². The molecule has 1 heterocycles. The van der Waals surface area contributed by atoms with Gasteiger partial charge in [-0.15, -0.1) is 0 Å². The number of hydrogen-bond donors (Lipinski definition) is 2. The van der Waals surface area contributed by atoms with Gasteiger partial charge in [-0.2, -0.15) is 0 Å². The Morgan fingerprint density at radius 3 is 2.78 bits per heavy atom. The summed E-state index contributed by atoms with van der Waals surface area (Å²) < 4.78 is 13.3. The fourth-order valence-corrected chi connectivity index (χ4v) is 6.03. The van der Waals surface area contributed by atoms with Gasteiger partial charge in [0, 0.05) is 24.2 Å². The van der Waals surface area contributed by atoms with E-state index in [2.05, 4.69) is 11.4 Å². The highest BCUT2D eigenvalue weighted by Crippen LogP contribution is 2.55. The van der Waals surface area contributed by atoms with Crippen molar-refractivity contribution < 1.29 is 9.50 Å². The molecule has 142 valence electrons. The van der Waals surface area contributed by atoms with E-state index in [-0.39, 0.29) is 11.2 Å². The highest BCUT2D eigenvalue weighted by atomic mass is 19.1. The first kappa shape index (κ1) is 17.1. The molecule has 0 aromatic heterocycles. The maximum atomic E-state index is 13.3. The molecule has 1 saturated carbocycles. The van der Waals surface area contributed by atoms with E-state index in [0.29, 0.717) is 17.7 Å². The molecule has 0 radical (unpaired) electrons. The van der Waals surface area contributed by atoms with Crippen LogP contribution in [-0.4, -0.2) is 24.7 Å². The zero-order chi connectivity index (χ0) is 18.6. The monoisotopic (exact) mass is 366 g/mol. The van der Waals surface area contributed by atoms with E-state index < -0.39 is 0 Å². The van der Waals surface area contributed by atoms with E-state index in [1.807, 2.05) is 18.0 Å². The van der Waals surface area contributed by atoms with E-state index in [1.165, 1.54) is 55.4 Å². The lowest BCUT2D eigenvalue weighted by molar-refractivity contribution is 0.0796. The summed E-state index contributed by atoms with van der Waals surface area (Å²) in [6, 6.07) is 11.2. The van der Waals surface area contributed by atoms with Gasteiger partial charge in [0.15, 0.2) is 0 Å². The predicted molar refractivity (Wildman–Crippen MR) is 106 cm³/mol. The number of rotatable bonds is 2. The number of phenolic OH excluding ortho intramolecular Hbond substituents is 1. The molecule has 0 spiro atoms. The maximum Gasteiger partial charge on any atom is 0.139 e. The van der Waals surface area contributed by atoms with Crippen LogP contribution in [0.15, 0.2) is 36.4 Å². The summed E-state index contributed by atoms with van der Waals surface area (Å²) >= 11 is 0. The summed E-state index contributed by atoms with van der Waals surface area (Å²) in [6.07, 6.45) is 7.38. The van der Waals surface area contributed by atoms with Crippen molar-refractivity contribution in [1.82, 2.24) is 5.32 Å². The van der Waals surface area contributed by atoms with Crippen LogP contribution in [0.25, 0.3) is 0 Å². The second-order valence-corrected chi connectivity index (χ2v) is 8.56. The van der Waals surface area contributed by atoms with Crippen molar-refractivity contribution in [3.63, 3.8) is 0 Å². The molecule has 5 rings (SSSR count). The molecule has 0 amide bonds. The highest BCUT2D eigenvalue weighted by Gasteiger charge is 2.51. The molecule has 2 fully saturated rings. The Labute approximate surface area is 160 Å². The quantitative estimate of drug-likeness (QED) is 0.812. The second-order valence-electron chi connectivity index (χ2n) is 8.56. The summed E-state index contributed by atoms with van der Waals surface area (Å²) in [5, 5.41) is 14.7. The molecule has 0 unspecified atom stereocenters. The van der Waals surface area contributed by atoms with Crippen molar-refractivity contribution >= 4 is 11.4 Å². The van der Waals surface area contributed by atoms with Crippen molar-refractivity contribution in [1.29, 1.82) is 0 Å². The van der Waals surface area contributed by atoms with Gasteiger partial charge in [-0.05, 0) is 85.7 Å². The molecule has 4 heteroatoms. The molecule has 1 saturated heterocycles. The molecule has 2 N–H and O–H groups in total. The van der Waals surface area contributed by atoms with Crippen LogP contribution in [0.3, 0.4) is 0 Å². The Balaban J connectivity index is 1.59. The van der Waals surface area contributed by atoms with Crippen LogP contribution in [0, 0.1) is 11.7 Å². The smallest absolute Gasteiger partial charge is 0.139 e. The zero-order valence-electron chi connectivity index (χ0n) is 15.8. The molecule has 2 aliphatic carbocycles. The number of benzene rings is 2. The number of piperidine rings is 1. The van der Waals surface area contributed by atoms with Gasteiger partial charge in [-0.1, -0.05) is 12.8 Å². The average Bonchev–Trinajstić information content (AvgIpc) is 2.68. The van der Waals surface area contributed by atoms with Crippen molar-refractivity contribution in [3.05, 3.63) is 53.3 Å². The minimum Gasteiger partial charge on any atom is -0.506 e. The van der Waals surface area contributed by atoms with Gasteiger partial charge >= 0.3 is 0 Å². The molecule has 2 aromatic carbocycles. The Bertz CT molecular complexity index is 861. The summed E-state index contributed by atoms with van der Waals surface area (Å²) in [6.45, 7) is 1.08. The van der Waals surface area contributed by atoms with Gasteiger partial charge in [0.05, 0.1) is 5.69 Å². The van der Waals surface area contributed by atoms with Crippen molar-refractivity contribution in [2.24, 2.45) is 5.92 Å². The predicted octanol–water partition coefficient (Wildman–Crippen LogP) is 4.65. The lowest BCUT2D eigenvalue weighted by atomic mass is 9.53. The Morgan fingerprint density at radius 1 is 1.15 bits per heavy atom. The van der Waals surface area contributed by atoms with Crippen LogP contribution < -0.4 is 10.2 Å². The van der Waals surface area contributed by atoms with Crippen LogP contribution in [0.4, 0.5) is 15.8 Å². The minimum atomic E-state index is -0.247. The fraction of sp³-hybridized carbons (Fsp3) is 0.478. The zero-order valence-corrected chi connectivity index (χ0v) is 15.8. The fourth-order valence-electron chi connectivity index (χ4n) is 6.03. The van der Waals surface area contributed by atoms with Crippen LogP contribution in [0.1, 0.15) is 43.2 Å². The molecule has 3 nitrogen and oxygen atoms in total. The average molecular weight is 366 g/mol. The normalized spacial score (nSPS) is 29.0. The Morgan fingerprint density at radius 2 is 1.96 bits per heavy atom. The number of phenols is 1. The summed E-state index contributed by atoms with van der Waals surface area (Å²) in [5.41, 5.74) is 4.66. The van der Waals surface area contributed by atoms with E-state index in [9.17, 15) is 9.50 Å². The van der Waals surface area contributed by atoms with Crippen LogP contribution in [0.2, 0.25) is 0 Å². The molecular weight excluding hydrogens is 339 g/mol. The topological polar surface area (TPSA) is 35.5 Å². The number of nitrogens with zero attached hydrogens (tertiary/aromatic N) is 1. The van der Waals surface area contributed by atoms with Gasteiger partial charge in [-0.25, -0.2) is 4.39 Å². The van der Waals surface area contributed by atoms with Gasteiger partial charge in [0.2, 0.25) is 0 Å². The van der Waals surface area contributed by atoms with Gasteiger partial charge < -0.3 is 15.3 Å². The minimum absolute atomic E-state index is 0.242. The molecular formula is C23H27FN2O. The lowest BCUT2D eigenvalue weighted by Gasteiger charge is -2.56. The van der Waals surface area contributed by atoms with Gasteiger partial charge in [0.25, 0.3) is 0 Å².